The van der Waals surface area contributed by atoms with Crippen molar-refractivity contribution in [1.82, 2.24) is 0 Å². The van der Waals surface area contributed by atoms with E-state index in [-0.39, 0.29) is 0 Å². The molecule has 0 unspecified atom stereocenters. The van der Waals surface area contributed by atoms with Gasteiger partial charge in [-0.15, -0.1) is 0 Å². The monoisotopic (exact) mass is 666 g/mol. The van der Waals surface area contributed by atoms with Gasteiger partial charge in [0, 0.05) is 0 Å². The molecule has 20 atom stereocenters. The first-order valence-electron chi connectivity index (χ1n) is 14.1. The number of aliphatic hydroxyl groups excluding tert-OH is 14. The van der Waals surface area contributed by atoms with Crippen LogP contribution in [0.5, 0.6) is 0 Å². The largest absolute Gasteiger partial charge is 0.394 e. The molecule has 4 fully saturated rings. The first kappa shape index (κ1) is 37.0. The van der Waals surface area contributed by atoms with Gasteiger partial charge in [-0.05, 0) is 0 Å². The zero-order valence-corrected chi connectivity index (χ0v) is 23.5. The van der Waals surface area contributed by atoms with Crippen molar-refractivity contribution in [1.29, 1.82) is 0 Å². The highest BCUT2D eigenvalue weighted by atomic mass is 16.8. The zero-order chi connectivity index (χ0) is 33.3. The van der Waals surface area contributed by atoms with E-state index in [1.54, 1.807) is 0 Å². The molecule has 0 bridgehead atoms. The summed E-state index contributed by atoms with van der Waals surface area (Å²) in [5, 5.41) is 142. The van der Waals surface area contributed by atoms with Crippen LogP contribution in [0.2, 0.25) is 0 Å². The van der Waals surface area contributed by atoms with Crippen LogP contribution in [0.15, 0.2) is 0 Å². The molecule has 21 nitrogen and oxygen atoms in total. The van der Waals surface area contributed by atoms with Crippen LogP contribution >= 0.6 is 0 Å². The van der Waals surface area contributed by atoms with E-state index >= 15 is 0 Å². The predicted octanol–water partition coefficient (Wildman–Crippen LogP) is -9.75. The van der Waals surface area contributed by atoms with Crippen LogP contribution in [0, 0.1) is 0 Å². The van der Waals surface area contributed by atoms with Crippen molar-refractivity contribution in [2.75, 3.05) is 26.4 Å². The van der Waals surface area contributed by atoms with Gasteiger partial charge in [-0.25, -0.2) is 0 Å². The summed E-state index contributed by atoms with van der Waals surface area (Å²) in [6.45, 7) is -3.16. The fourth-order valence-corrected chi connectivity index (χ4v) is 5.43. The van der Waals surface area contributed by atoms with Crippen molar-refractivity contribution in [2.24, 2.45) is 0 Å². The second-order valence-electron chi connectivity index (χ2n) is 11.2. The fraction of sp³-hybridized carbons (Fsp3) is 1.00. The van der Waals surface area contributed by atoms with Crippen molar-refractivity contribution in [3.05, 3.63) is 0 Å². The van der Waals surface area contributed by atoms with Crippen molar-refractivity contribution < 1.29 is 105 Å². The molecule has 0 aliphatic carbocycles. The molecular formula is C24H42O21. The van der Waals surface area contributed by atoms with Gasteiger partial charge < -0.3 is 105 Å². The first-order valence-corrected chi connectivity index (χ1v) is 14.1. The summed E-state index contributed by atoms with van der Waals surface area (Å²) in [5.74, 6) is 0. The maximum absolute atomic E-state index is 11.0. The van der Waals surface area contributed by atoms with Gasteiger partial charge in [0.05, 0.1) is 26.4 Å². The van der Waals surface area contributed by atoms with Crippen molar-refractivity contribution in [3.63, 3.8) is 0 Å². The third-order valence-corrected chi connectivity index (χ3v) is 8.19. The van der Waals surface area contributed by atoms with Crippen molar-refractivity contribution >= 4 is 0 Å². The molecule has 4 rings (SSSR count). The molecule has 4 saturated heterocycles. The van der Waals surface area contributed by atoms with Crippen LogP contribution in [0.3, 0.4) is 0 Å². The SMILES string of the molecule is OC[C@H]1O[C@@H](OC[C@H]2O[C@@H](O[C@H]3[C@@H](O)[C@@H](CO)O[C@@H](O[C@H]4[C@H](O)[C@@H](O)[C@@H](O)O[C@@H]4CO)[C@@H]3O)[C@H](O)[C@@H](O)[C@H]2O)[C@H](O)[C@@H](O)[C@H]1O. The lowest BCUT2D eigenvalue weighted by molar-refractivity contribution is -0.381. The minimum atomic E-state index is -2.01. The summed E-state index contributed by atoms with van der Waals surface area (Å²) >= 11 is 0. The summed E-state index contributed by atoms with van der Waals surface area (Å²) in [4.78, 5) is 0. The van der Waals surface area contributed by atoms with Crippen LogP contribution in [-0.2, 0) is 33.2 Å². The molecule has 14 N–H and O–H groups in total. The smallest absolute Gasteiger partial charge is 0.187 e. The topological polar surface area (TPSA) is 348 Å². The summed E-state index contributed by atoms with van der Waals surface area (Å²) in [6.07, 6.45) is -35.4. The van der Waals surface area contributed by atoms with E-state index in [0.29, 0.717) is 0 Å². The molecule has 0 saturated carbocycles. The quantitative estimate of drug-likeness (QED) is 0.103. The molecule has 4 aliphatic rings. The van der Waals surface area contributed by atoms with Crippen molar-refractivity contribution in [2.45, 2.75) is 123 Å². The molecule has 0 aromatic rings. The molecule has 0 aromatic carbocycles. The summed E-state index contributed by atoms with van der Waals surface area (Å²) in [6, 6.07) is 0. The van der Waals surface area contributed by atoms with E-state index in [9.17, 15) is 71.5 Å². The molecule has 0 aromatic heterocycles. The highest BCUT2D eigenvalue weighted by molar-refractivity contribution is 4.97. The number of rotatable bonds is 10. The van der Waals surface area contributed by atoms with E-state index in [1.807, 2.05) is 0 Å². The molecule has 0 radical (unpaired) electrons. The molecular weight excluding hydrogens is 624 g/mol. The Hall–Kier alpha value is -0.840. The number of hydrogen-bond acceptors (Lipinski definition) is 21. The third kappa shape index (κ3) is 7.59. The first-order chi connectivity index (χ1) is 21.2. The van der Waals surface area contributed by atoms with E-state index in [1.165, 1.54) is 0 Å². The van der Waals surface area contributed by atoms with Gasteiger partial charge in [0.2, 0.25) is 0 Å². The predicted molar refractivity (Wildman–Crippen MR) is 134 cm³/mol. The molecule has 4 heterocycles. The lowest BCUT2D eigenvalue weighted by Crippen LogP contribution is -2.66. The minimum absolute atomic E-state index is 0.701. The third-order valence-electron chi connectivity index (χ3n) is 8.19. The highest BCUT2D eigenvalue weighted by Crippen LogP contribution is 2.33. The maximum Gasteiger partial charge on any atom is 0.187 e. The van der Waals surface area contributed by atoms with Crippen LogP contribution < -0.4 is 0 Å². The summed E-state index contributed by atoms with van der Waals surface area (Å²) in [7, 11) is 0. The molecule has 0 amide bonds. The van der Waals surface area contributed by atoms with Gasteiger partial charge in [0.25, 0.3) is 0 Å². The Bertz CT molecular complexity index is 914. The number of hydrogen-bond donors (Lipinski definition) is 14. The molecule has 264 valence electrons. The fourth-order valence-electron chi connectivity index (χ4n) is 5.43. The van der Waals surface area contributed by atoms with Gasteiger partial charge >= 0.3 is 0 Å². The summed E-state index contributed by atoms with van der Waals surface area (Å²) in [5.41, 5.74) is 0. The average molecular weight is 667 g/mol. The zero-order valence-electron chi connectivity index (χ0n) is 23.5. The Morgan fingerprint density at radius 3 is 1.44 bits per heavy atom. The Kier molecular flexibility index (Phi) is 12.8. The Balaban J connectivity index is 1.46. The molecule has 21 heteroatoms. The van der Waals surface area contributed by atoms with Crippen molar-refractivity contribution in [3.8, 4) is 0 Å². The van der Waals surface area contributed by atoms with Crippen LogP contribution in [0.4, 0.5) is 0 Å². The normalized spacial score (nSPS) is 52.9. The maximum atomic E-state index is 11.0. The minimum Gasteiger partial charge on any atom is -0.394 e. The van der Waals surface area contributed by atoms with Gasteiger partial charge in [-0.2, -0.15) is 0 Å². The van der Waals surface area contributed by atoms with Gasteiger partial charge in [-0.1, -0.05) is 0 Å². The number of ether oxygens (including phenoxy) is 7. The van der Waals surface area contributed by atoms with Gasteiger partial charge in [0.15, 0.2) is 25.2 Å². The van der Waals surface area contributed by atoms with Crippen LogP contribution in [0.25, 0.3) is 0 Å². The van der Waals surface area contributed by atoms with Crippen LogP contribution in [-0.4, -0.2) is 221 Å². The van der Waals surface area contributed by atoms with Gasteiger partial charge in [-0.3, -0.25) is 0 Å². The molecule has 4 aliphatic heterocycles. The second-order valence-corrected chi connectivity index (χ2v) is 11.2. The average Bonchev–Trinajstić information content (AvgIpc) is 3.03. The Morgan fingerprint density at radius 1 is 0.378 bits per heavy atom. The highest BCUT2D eigenvalue weighted by Gasteiger charge is 2.54. The second kappa shape index (κ2) is 15.6. The lowest BCUT2D eigenvalue weighted by Gasteiger charge is -2.48. The standard InChI is InChI=1S/C24H42O21/c25-1-5-9(28)12(31)16(35)22(41-5)39-4-8-10(29)13(32)17(36)23(43-8)45-20-11(30)6(2-26)42-24(18(20)37)44-19-7(3-27)40-21(38)15(34)14(19)33/h5-38H,1-4H2/t5-,6-,7-,8-,9+,10+,11+,12+,13+,14-,15-,16-,17-,18-,19-,20+,21+,22-,23+,24+/m1/s1. The Morgan fingerprint density at radius 2 is 0.844 bits per heavy atom. The Labute approximate surface area is 254 Å². The van der Waals surface area contributed by atoms with E-state index in [0.717, 1.165) is 0 Å². The van der Waals surface area contributed by atoms with Gasteiger partial charge in [0.1, 0.15) is 97.7 Å². The lowest BCUT2D eigenvalue weighted by atomic mass is 9.96. The molecule has 0 spiro atoms. The number of aliphatic hydroxyl groups is 14. The summed E-state index contributed by atoms with van der Waals surface area (Å²) < 4.78 is 37.6. The van der Waals surface area contributed by atoms with E-state index in [4.69, 9.17) is 33.2 Å². The molecule has 45 heavy (non-hydrogen) atoms. The van der Waals surface area contributed by atoms with E-state index < -0.39 is 149 Å². The van der Waals surface area contributed by atoms with Crippen LogP contribution in [0.1, 0.15) is 0 Å². The van der Waals surface area contributed by atoms with E-state index in [2.05, 4.69) is 0 Å².